The van der Waals surface area contributed by atoms with E-state index in [9.17, 15) is 4.79 Å². The van der Waals surface area contributed by atoms with Gasteiger partial charge in [-0.05, 0) is 37.6 Å². The van der Waals surface area contributed by atoms with E-state index in [1.165, 1.54) is 5.56 Å². The number of hydrogen-bond acceptors (Lipinski definition) is 4. The molecule has 1 aromatic carbocycles. The lowest BCUT2D eigenvalue weighted by Crippen LogP contribution is -2.52. The summed E-state index contributed by atoms with van der Waals surface area (Å²) >= 11 is 0. The topological polar surface area (TPSA) is 47.0 Å². The fourth-order valence-electron chi connectivity index (χ4n) is 3.57. The van der Waals surface area contributed by atoms with Crippen molar-refractivity contribution in [3.8, 4) is 0 Å². The maximum Gasteiger partial charge on any atom is 0.240 e. The minimum atomic E-state index is 0.0939. The van der Waals surface area contributed by atoms with E-state index in [-0.39, 0.29) is 12.6 Å². The van der Waals surface area contributed by atoms with Crippen molar-refractivity contribution < 1.29 is 9.90 Å². The number of carbonyl (C=O) groups is 1. The molecule has 2 aliphatic rings. The number of likely N-dealkylation sites (tertiary alicyclic amines) is 1. The van der Waals surface area contributed by atoms with Crippen LogP contribution in [-0.4, -0.2) is 71.5 Å². The summed E-state index contributed by atoms with van der Waals surface area (Å²) in [6, 6.07) is 8.22. The molecule has 1 atom stereocenters. The van der Waals surface area contributed by atoms with Crippen LogP contribution in [0.15, 0.2) is 24.3 Å². The zero-order valence-electron chi connectivity index (χ0n) is 13.9. The molecule has 0 saturated carbocycles. The minimum absolute atomic E-state index is 0.0939. The van der Waals surface area contributed by atoms with Crippen molar-refractivity contribution >= 4 is 5.91 Å². The first-order valence-electron chi connectivity index (χ1n) is 8.57. The van der Waals surface area contributed by atoms with E-state index in [2.05, 4.69) is 29.0 Å². The Labute approximate surface area is 138 Å². The highest BCUT2D eigenvalue weighted by Gasteiger charge is 2.32. The van der Waals surface area contributed by atoms with Crippen molar-refractivity contribution in [1.82, 2.24) is 14.7 Å². The lowest BCUT2D eigenvalue weighted by Gasteiger charge is -2.36. The third-order valence-electron chi connectivity index (χ3n) is 5.10. The zero-order valence-corrected chi connectivity index (χ0v) is 13.9. The van der Waals surface area contributed by atoms with Gasteiger partial charge in [0.25, 0.3) is 0 Å². The first-order valence-corrected chi connectivity index (χ1v) is 8.57. The lowest BCUT2D eigenvalue weighted by molar-refractivity contribution is -0.137. The Morgan fingerprint density at radius 2 is 1.74 bits per heavy atom. The van der Waals surface area contributed by atoms with E-state index in [0.717, 1.165) is 57.7 Å². The molecule has 3 rings (SSSR count). The molecule has 1 N–H and O–H groups in total. The van der Waals surface area contributed by atoms with Crippen LogP contribution >= 0.6 is 0 Å². The van der Waals surface area contributed by atoms with Crippen LogP contribution in [-0.2, 0) is 17.9 Å². The van der Waals surface area contributed by atoms with Crippen LogP contribution in [0.4, 0.5) is 0 Å². The second kappa shape index (κ2) is 7.43. The highest BCUT2D eigenvalue weighted by atomic mass is 16.3. The van der Waals surface area contributed by atoms with Gasteiger partial charge in [0.1, 0.15) is 0 Å². The molecular weight excluding hydrogens is 290 g/mol. The van der Waals surface area contributed by atoms with E-state index in [0.29, 0.717) is 5.91 Å². The smallest absolute Gasteiger partial charge is 0.240 e. The zero-order chi connectivity index (χ0) is 16.2. The first-order chi connectivity index (χ1) is 11.2. The van der Waals surface area contributed by atoms with Crippen molar-refractivity contribution in [1.29, 1.82) is 0 Å². The molecule has 2 heterocycles. The number of rotatable bonds is 4. The number of aliphatic hydroxyl groups is 1. The van der Waals surface area contributed by atoms with Gasteiger partial charge in [0.05, 0.1) is 12.6 Å². The van der Waals surface area contributed by atoms with Crippen LogP contribution in [0, 0.1) is 0 Å². The Hall–Kier alpha value is -1.43. The molecule has 1 amide bonds. The molecule has 2 fully saturated rings. The fraction of sp³-hybridized carbons (Fsp3) is 0.611. The van der Waals surface area contributed by atoms with Gasteiger partial charge in [0.2, 0.25) is 5.91 Å². The summed E-state index contributed by atoms with van der Waals surface area (Å²) in [7, 11) is 2.06. The SMILES string of the molecule is CN1CCCC1C(=O)N1CCN(Cc2ccc(CO)cc2)CC1. The Bertz CT molecular complexity index is 524. The normalized spacial score (nSPS) is 23.4. The van der Waals surface area contributed by atoms with Crippen LogP contribution in [0.25, 0.3) is 0 Å². The molecule has 2 aliphatic heterocycles. The predicted molar refractivity (Wildman–Crippen MR) is 89.9 cm³/mol. The second-order valence-corrected chi connectivity index (χ2v) is 6.71. The fourth-order valence-corrected chi connectivity index (χ4v) is 3.57. The molecule has 5 nitrogen and oxygen atoms in total. The van der Waals surface area contributed by atoms with Gasteiger partial charge in [-0.25, -0.2) is 0 Å². The van der Waals surface area contributed by atoms with Crippen molar-refractivity contribution in [3.63, 3.8) is 0 Å². The molecule has 23 heavy (non-hydrogen) atoms. The van der Waals surface area contributed by atoms with Gasteiger partial charge < -0.3 is 10.0 Å². The molecule has 0 spiro atoms. The summed E-state index contributed by atoms with van der Waals surface area (Å²) in [5.74, 6) is 0.317. The summed E-state index contributed by atoms with van der Waals surface area (Å²) < 4.78 is 0. The summed E-state index contributed by atoms with van der Waals surface area (Å²) in [6.07, 6.45) is 2.14. The number of carbonyl (C=O) groups excluding carboxylic acids is 1. The van der Waals surface area contributed by atoms with E-state index in [1.807, 2.05) is 17.0 Å². The Morgan fingerprint density at radius 3 is 2.30 bits per heavy atom. The monoisotopic (exact) mass is 317 g/mol. The summed E-state index contributed by atoms with van der Waals surface area (Å²) in [6.45, 7) is 5.58. The Kier molecular flexibility index (Phi) is 5.30. The van der Waals surface area contributed by atoms with E-state index in [1.54, 1.807) is 0 Å². The maximum absolute atomic E-state index is 12.6. The van der Waals surface area contributed by atoms with Gasteiger partial charge in [0, 0.05) is 32.7 Å². The van der Waals surface area contributed by atoms with Crippen LogP contribution < -0.4 is 0 Å². The van der Waals surface area contributed by atoms with Gasteiger partial charge in [-0.2, -0.15) is 0 Å². The van der Waals surface area contributed by atoms with E-state index in [4.69, 9.17) is 5.11 Å². The molecule has 5 heteroatoms. The average molecular weight is 317 g/mol. The maximum atomic E-state index is 12.6. The number of nitrogens with zero attached hydrogens (tertiary/aromatic N) is 3. The van der Waals surface area contributed by atoms with E-state index >= 15 is 0 Å². The lowest BCUT2D eigenvalue weighted by atomic mass is 10.1. The van der Waals surface area contributed by atoms with Crippen LogP contribution in [0.2, 0.25) is 0 Å². The standard InChI is InChI=1S/C18H27N3O2/c1-19-8-2-3-17(19)18(23)21-11-9-20(10-12-21)13-15-4-6-16(14-22)7-5-15/h4-7,17,22H,2-3,8-14H2,1H3. The molecule has 2 saturated heterocycles. The quantitative estimate of drug-likeness (QED) is 0.897. The van der Waals surface area contributed by atoms with Crippen LogP contribution in [0.5, 0.6) is 0 Å². The number of piperazine rings is 1. The number of benzene rings is 1. The number of aliphatic hydroxyl groups excluding tert-OH is 1. The molecule has 0 aromatic heterocycles. The number of hydrogen-bond donors (Lipinski definition) is 1. The minimum Gasteiger partial charge on any atom is -0.392 e. The third kappa shape index (κ3) is 3.91. The van der Waals surface area contributed by atoms with Crippen LogP contribution in [0.3, 0.4) is 0 Å². The van der Waals surface area contributed by atoms with Gasteiger partial charge in [-0.1, -0.05) is 24.3 Å². The molecule has 126 valence electrons. The molecule has 0 aliphatic carbocycles. The van der Waals surface area contributed by atoms with Gasteiger partial charge in [-0.15, -0.1) is 0 Å². The van der Waals surface area contributed by atoms with Gasteiger partial charge in [-0.3, -0.25) is 14.6 Å². The second-order valence-electron chi connectivity index (χ2n) is 6.71. The molecule has 0 radical (unpaired) electrons. The highest BCUT2D eigenvalue weighted by molar-refractivity contribution is 5.82. The number of likely N-dealkylation sites (N-methyl/N-ethyl adjacent to an activating group) is 1. The van der Waals surface area contributed by atoms with Gasteiger partial charge >= 0.3 is 0 Å². The van der Waals surface area contributed by atoms with Gasteiger partial charge in [0.15, 0.2) is 0 Å². The summed E-state index contributed by atoms with van der Waals surface area (Å²) in [5.41, 5.74) is 2.21. The predicted octanol–water partition coefficient (Wildman–Crippen LogP) is 0.917. The average Bonchev–Trinajstić information content (AvgIpc) is 3.02. The highest BCUT2D eigenvalue weighted by Crippen LogP contribution is 2.18. The molecule has 1 aromatic rings. The molecular formula is C18H27N3O2. The van der Waals surface area contributed by atoms with Crippen molar-refractivity contribution in [2.45, 2.75) is 32.0 Å². The number of amides is 1. The first kappa shape index (κ1) is 16.4. The summed E-state index contributed by atoms with van der Waals surface area (Å²) in [4.78, 5) is 19.2. The molecule has 1 unspecified atom stereocenters. The largest absolute Gasteiger partial charge is 0.392 e. The van der Waals surface area contributed by atoms with E-state index < -0.39 is 0 Å². The van der Waals surface area contributed by atoms with Crippen molar-refractivity contribution in [2.75, 3.05) is 39.8 Å². The van der Waals surface area contributed by atoms with Crippen molar-refractivity contribution in [2.24, 2.45) is 0 Å². The van der Waals surface area contributed by atoms with Crippen LogP contribution in [0.1, 0.15) is 24.0 Å². The Morgan fingerprint density at radius 1 is 1.09 bits per heavy atom. The molecule has 0 bridgehead atoms. The third-order valence-corrected chi connectivity index (χ3v) is 5.10. The Balaban J connectivity index is 1.49. The summed E-state index contributed by atoms with van der Waals surface area (Å²) in [5, 5.41) is 9.09. The van der Waals surface area contributed by atoms with Crippen molar-refractivity contribution in [3.05, 3.63) is 35.4 Å².